The molecule has 1 aliphatic rings. The molecule has 138 valence electrons. The summed E-state index contributed by atoms with van der Waals surface area (Å²) in [4.78, 5) is 26.5. The summed E-state index contributed by atoms with van der Waals surface area (Å²) in [6.07, 6.45) is 2.75. The smallest absolute Gasteiger partial charge is 0.257 e. The van der Waals surface area contributed by atoms with Crippen LogP contribution < -0.4 is 10.1 Å². The van der Waals surface area contributed by atoms with Crippen LogP contribution in [0.5, 0.6) is 11.5 Å². The summed E-state index contributed by atoms with van der Waals surface area (Å²) in [5.74, 6) is 0.707. The van der Waals surface area contributed by atoms with Crippen LogP contribution in [-0.4, -0.2) is 42.0 Å². The van der Waals surface area contributed by atoms with Gasteiger partial charge in [0.25, 0.3) is 5.91 Å². The lowest BCUT2D eigenvalue weighted by atomic mass is 9.95. The summed E-state index contributed by atoms with van der Waals surface area (Å²) < 4.78 is 10.2. The molecule has 1 aliphatic heterocycles. The Labute approximate surface area is 151 Å². The highest BCUT2D eigenvalue weighted by Crippen LogP contribution is 2.26. The van der Waals surface area contributed by atoms with E-state index in [1.165, 1.54) is 13.2 Å². The van der Waals surface area contributed by atoms with Crippen molar-refractivity contribution in [3.8, 4) is 11.5 Å². The van der Waals surface area contributed by atoms with Crippen molar-refractivity contribution < 1.29 is 23.8 Å². The van der Waals surface area contributed by atoms with Crippen LogP contribution in [0.2, 0.25) is 0 Å². The zero-order valence-electron chi connectivity index (χ0n) is 14.6. The van der Waals surface area contributed by atoms with E-state index < -0.39 is 0 Å². The number of piperidine rings is 1. The Hall–Kier alpha value is -2.96. The average Bonchev–Trinajstić information content (AvgIpc) is 3.19. The molecule has 0 bridgehead atoms. The Morgan fingerprint density at radius 3 is 2.69 bits per heavy atom. The molecule has 3 rings (SSSR count). The minimum atomic E-state index is -0.236. The minimum absolute atomic E-state index is 0.0270. The first-order valence-electron chi connectivity index (χ1n) is 8.55. The van der Waals surface area contributed by atoms with Gasteiger partial charge in [0.15, 0.2) is 0 Å². The molecular weight excluding hydrogens is 336 g/mol. The summed E-state index contributed by atoms with van der Waals surface area (Å²) in [5, 5.41) is 12.9. The first-order valence-corrected chi connectivity index (χ1v) is 8.55. The Bertz CT molecular complexity index is 764. The number of methoxy groups -OCH3 is 1. The van der Waals surface area contributed by atoms with E-state index in [1.54, 1.807) is 29.4 Å². The molecule has 0 radical (unpaired) electrons. The molecule has 0 atom stereocenters. The van der Waals surface area contributed by atoms with Crippen LogP contribution in [0.15, 0.2) is 41.0 Å². The highest BCUT2D eigenvalue weighted by molar-refractivity contribution is 5.97. The van der Waals surface area contributed by atoms with Gasteiger partial charge < -0.3 is 24.5 Å². The summed E-state index contributed by atoms with van der Waals surface area (Å²) in [5.41, 5.74) is 0.242. The molecule has 7 nitrogen and oxygen atoms in total. The topological polar surface area (TPSA) is 92.0 Å². The number of hydrogen-bond donors (Lipinski definition) is 2. The SMILES string of the molecule is COc1ccc(C(=O)N2CCC(C(=O)NCc3ccco3)CC2)c(O)c1. The van der Waals surface area contributed by atoms with Gasteiger partial charge in [-0.1, -0.05) is 0 Å². The number of phenols is 1. The van der Waals surface area contributed by atoms with E-state index in [9.17, 15) is 14.7 Å². The third kappa shape index (κ3) is 3.99. The van der Waals surface area contributed by atoms with E-state index in [4.69, 9.17) is 9.15 Å². The number of likely N-dealkylation sites (tertiary alicyclic amines) is 1. The Morgan fingerprint density at radius 1 is 1.31 bits per heavy atom. The molecule has 2 N–H and O–H groups in total. The Balaban J connectivity index is 1.53. The number of aromatic hydroxyl groups is 1. The van der Waals surface area contributed by atoms with Crippen molar-refractivity contribution in [3.05, 3.63) is 47.9 Å². The fourth-order valence-electron chi connectivity index (χ4n) is 3.07. The molecule has 1 aromatic heterocycles. The predicted octanol–water partition coefficient (Wildman–Crippen LogP) is 2.16. The van der Waals surface area contributed by atoms with Crippen LogP contribution in [0.25, 0.3) is 0 Å². The Kier molecular flexibility index (Phi) is 5.46. The van der Waals surface area contributed by atoms with Crippen molar-refractivity contribution in [1.29, 1.82) is 0 Å². The number of phenolic OH excluding ortho intramolecular Hbond substituents is 1. The number of rotatable bonds is 5. The van der Waals surface area contributed by atoms with Gasteiger partial charge in [-0.15, -0.1) is 0 Å². The number of nitrogens with one attached hydrogen (secondary N) is 1. The lowest BCUT2D eigenvalue weighted by molar-refractivity contribution is -0.126. The molecule has 0 unspecified atom stereocenters. The summed E-state index contributed by atoms with van der Waals surface area (Å²) in [7, 11) is 1.50. The fraction of sp³-hybridized carbons (Fsp3) is 0.368. The highest BCUT2D eigenvalue weighted by atomic mass is 16.5. The van der Waals surface area contributed by atoms with E-state index in [0.717, 1.165) is 0 Å². The van der Waals surface area contributed by atoms with E-state index in [2.05, 4.69) is 5.32 Å². The molecule has 1 fully saturated rings. The summed E-state index contributed by atoms with van der Waals surface area (Å²) in [6, 6.07) is 8.20. The predicted molar refractivity (Wildman–Crippen MR) is 93.8 cm³/mol. The van der Waals surface area contributed by atoms with Gasteiger partial charge in [0.2, 0.25) is 5.91 Å². The third-order valence-corrected chi connectivity index (χ3v) is 4.61. The average molecular weight is 358 g/mol. The van der Waals surface area contributed by atoms with Gasteiger partial charge >= 0.3 is 0 Å². The van der Waals surface area contributed by atoms with Gasteiger partial charge in [0, 0.05) is 25.1 Å². The van der Waals surface area contributed by atoms with E-state index >= 15 is 0 Å². The van der Waals surface area contributed by atoms with Crippen molar-refractivity contribution >= 4 is 11.8 Å². The van der Waals surface area contributed by atoms with Gasteiger partial charge in [0.1, 0.15) is 17.3 Å². The van der Waals surface area contributed by atoms with Gasteiger partial charge in [0.05, 0.1) is 25.5 Å². The van der Waals surface area contributed by atoms with Crippen molar-refractivity contribution in [2.75, 3.05) is 20.2 Å². The van der Waals surface area contributed by atoms with Crippen molar-refractivity contribution in [2.24, 2.45) is 5.92 Å². The van der Waals surface area contributed by atoms with Crippen LogP contribution in [0, 0.1) is 5.92 Å². The van der Waals surface area contributed by atoms with Crippen molar-refractivity contribution in [2.45, 2.75) is 19.4 Å². The molecule has 0 spiro atoms. The molecule has 1 aromatic carbocycles. The number of carbonyl (C=O) groups excluding carboxylic acids is 2. The second-order valence-corrected chi connectivity index (χ2v) is 6.25. The first kappa shape index (κ1) is 17.8. The van der Waals surface area contributed by atoms with Gasteiger partial charge in [-0.2, -0.15) is 0 Å². The number of amides is 2. The normalized spacial score (nSPS) is 14.9. The molecule has 2 amide bonds. The molecule has 0 aliphatic carbocycles. The number of carbonyl (C=O) groups is 2. The fourth-order valence-corrected chi connectivity index (χ4v) is 3.07. The van der Waals surface area contributed by atoms with Crippen molar-refractivity contribution in [3.63, 3.8) is 0 Å². The van der Waals surface area contributed by atoms with E-state index in [1.807, 2.05) is 6.07 Å². The van der Waals surface area contributed by atoms with Crippen LogP contribution in [0.1, 0.15) is 29.0 Å². The maximum atomic E-state index is 12.6. The van der Waals surface area contributed by atoms with Gasteiger partial charge in [-0.3, -0.25) is 9.59 Å². The molecule has 2 aromatic rings. The van der Waals surface area contributed by atoms with Crippen molar-refractivity contribution in [1.82, 2.24) is 10.2 Å². The summed E-state index contributed by atoms with van der Waals surface area (Å²) in [6.45, 7) is 1.32. The largest absolute Gasteiger partial charge is 0.507 e. The number of ether oxygens (including phenoxy) is 1. The molecule has 1 saturated heterocycles. The zero-order valence-corrected chi connectivity index (χ0v) is 14.6. The van der Waals surface area contributed by atoms with E-state index in [-0.39, 0.29) is 29.0 Å². The monoisotopic (exact) mass is 358 g/mol. The third-order valence-electron chi connectivity index (χ3n) is 4.61. The maximum Gasteiger partial charge on any atom is 0.257 e. The van der Waals surface area contributed by atoms with E-state index in [0.29, 0.717) is 44.0 Å². The Morgan fingerprint density at radius 2 is 2.08 bits per heavy atom. The second-order valence-electron chi connectivity index (χ2n) is 6.25. The lowest BCUT2D eigenvalue weighted by Gasteiger charge is -2.31. The maximum absolute atomic E-state index is 12.6. The number of furan rings is 1. The number of nitrogens with zero attached hydrogens (tertiary/aromatic N) is 1. The molecular formula is C19H22N2O5. The lowest BCUT2D eigenvalue weighted by Crippen LogP contribution is -2.42. The second kappa shape index (κ2) is 7.95. The standard InChI is InChI=1S/C19H22N2O5/c1-25-14-4-5-16(17(22)11-14)19(24)21-8-6-13(7-9-21)18(23)20-12-15-3-2-10-26-15/h2-5,10-11,13,22H,6-9,12H2,1H3,(H,20,23). The van der Waals surface area contributed by atoms with Crippen LogP contribution in [0.4, 0.5) is 0 Å². The molecule has 0 saturated carbocycles. The molecule has 7 heteroatoms. The zero-order chi connectivity index (χ0) is 18.5. The van der Waals surface area contributed by atoms with Crippen LogP contribution in [0.3, 0.4) is 0 Å². The highest BCUT2D eigenvalue weighted by Gasteiger charge is 2.28. The van der Waals surface area contributed by atoms with Crippen LogP contribution in [-0.2, 0) is 11.3 Å². The van der Waals surface area contributed by atoms with Gasteiger partial charge in [-0.05, 0) is 37.1 Å². The molecule has 2 heterocycles. The summed E-state index contributed by atoms with van der Waals surface area (Å²) >= 11 is 0. The van der Waals surface area contributed by atoms with Crippen LogP contribution >= 0.6 is 0 Å². The van der Waals surface area contributed by atoms with Gasteiger partial charge in [-0.25, -0.2) is 0 Å². The molecule has 26 heavy (non-hydrogen) atoms. The first-order chi connectivity index (χ1) is 12.6. The number of benzene rings is 1. The quantitative estimate of drug-likeness (QED) is 0.855. The minimum Gasteiger partial charge on any atom is -0.507 e. The number of hydrogen-bond acceptors (Lipinski definition) is 5.